The molecule has 1 aromatic rings. The Kier molecular flexibility index (Phi) is 6.62. The fourth-order valence-electron chi connectivity index (χ4n) is 2.05. The molecule has 0 aliphatic carbocycles. The number of hydrogen-bond acceptors (Lipinski definition) is 3. The van der Waals surface area contributed by atoms with Gasteiger partial charge >= 0.3 is 0 Å². The first-order chi connectivity index (χ1) is 8.70. The van der Waals surface area contributed by atoms with Crippen LogP contribution in [0.4, 0.5) is 0 Å². The molecule has 1 atom stereocenters. The van der Waals surface area contributed by atoms with Crippen molar-refractivity contribution < 1.29 is 9.53 Å². The zero-order chi connectivity index (χ0) is 13.0. The molecule has 1 unspecified atom stereocenters. The van der Waals surface area contributed by atoms with Gasteiger partial charge in [-0.25, -0.2) is 0 Å². The minimum atomic E-state index is -0.0746. The Bertz CT molecular complexity index is 437. The van der Waals surface area contributed by atoms with Crippen LogP contribution in [0.5, 0.6) is 5.75 Å². The molecule has 106 valence electrons. The number of benzene rings is 1. The molecule has 1 fully saturated rings. The molecule has 2 rings (SSSR count). The summed E-state index contributed by atoms with van der Waals surface area (Å²) >= 11 is 3.38. The van der Waals surface area contributed by atoms with Crippen LogP contribution in [-0.2, 0) is 0 Å². The first kappa shape index (κ1) is 16.3. The standard InChI is InChI=1S/C13H17BrN2O2.ClH/c1-18-10-4-5-12(14)11(7-10)13(17)16-8-9-3-2-6-15-9;/h4-5,7,9,15H,2-3,6,8H2,1H3,(H,16,17);1H. The van der Waals surface area contributed by atoms with Crippen molar-refractivity contribution in [3.8, 4) is 5.75 Å². The van der Waals surface area contributed by atoms with Crippen LogP contribution in [-0.4, -0.2) is 32.1 Å². The summed E-state index contributed by atoms with van der Waals surface area (Å²) < 4.78 is 5.90. The minimum absolute atomic E-state index is 0. The van der Waals surface area contributed by atoms with Gasteiger partial charge in [-0.2, -0.15) is 0 Å². The van der Waals surface area contributed by atoms with Gasteiger partial charge in [-0.3, -0.25) is 4.79 Å². The summed E-state index contributed by atoms with van der Waals surface area (Å²) in [6.45, 7) is 1.71. The van der Waals surface area contributed by atoms with E-state index in [1.807, 2.05) is 12.1 Å². The fraction of sp³-hybridized carbons (Fsp3) is 0.462. The van der Waals surface area contributed by atoms with Gasteiger partial charge in [-0.05, 0) is 53.5 Å². The Morgan fingerprint density at radius 1 is 1.58 bits per heavy atom. The molecule has 1 amide bonds. The van der Waals surface area contributed by atoms with Crippen LogP contribution >= 0.6 is 28.3 Å². The van der Waals surface area contributed by atoms with Crippen LogP contribution in [0, 0.1) is 0 Å². The molecule has 2 N–H and O–H groups in total. The zero-order valence-electron chi connectivity index (χ0n) is 10.7. The molecular formula is C13H18BrClN2O2. The van der Waals surface area contributed by atoms with E-state index in [2.05, 4.69) is 26.6 Å². The van der Waals surface area contributed by atoms with Gasteiger partial charge in [0, 0.05) is 17.1 Å². The fourth-order valence-corrected chi connectivity index (χ4v) is 2.47. The highest BCUT2D eigenvalue weighted by molar-refractivity contribution is 9.10. The van der Waals surface area contributed by atoms with Gasteiger partial charge in [0.25, 0.3) is 5.91 Å². The van der Waals surface area contributed by atoms with E-state index in [9.17, 15) is 4.79 Å². The third kappa shape index (κ3) is 4.37. The van der Waals surface area contributed by atoms with Gasteiger partial charge in [0.05, 0.1) is 12.7 Å². The maximum absolute atomic E-state index is 12.1. The van der Waals surface area contributed by atoms with E-state index >= 15 is 0 Å². The molecule has 4 nitrogen and oxygen atoms in total. The number of carbonyl (C=O) groups excluding carboxylic acids is 1. The number of halogens is 2. The van der Waals surface area contributed by atoms with Crippen molar-refractivity contribution in [3.05, 3.63) is 28.2 Å². The van der Waals surface area contributed by atoms with Gasteiger partial charge in [0.1, 0.15) is 5.75 Å². The van der Waals surface area contributed by atoms with Gasteiger partial charge in [-0.15, -0.1) is 12.4 Å². The van der Waals surface area contributed by atoms with E-state index in [1.54, 1.807) is 13.2 Å². The predicted octanol–water partition coefficient (Wildman–Crippen LogP) is 2.36. The van der Waals surface area contributed by atoms with Crippen molar-refractivity contribution in [3.63, 3.8) is 0 Å². The highest BCUT2D eigenvalue weighted by Gasteiger charge is 2.16. The Morgan fingerprint density at radius 3 is 3.00 bits per heavy atom. The summed E-state index contributed by atoms with van der Waals surface area (Å²) in [5, 5.41) is 6.30. The number of nitrogens with one attached hydrogen (secondary N) is 2. The summed E-state index contributed by atoms with van der Waals surface area (Å²) in [4.78, 5) is 12.1. The molecule has 0 radical (unpaired) electrons. The lowest BCUT2D eigenvalue weighted by molar-refractivity contribution is 0.0949. The average molecular weight is 350 g/mol. The quantitative estimate of drug-likeness (QED) is 0.877. The first-order valence-corrected chi connectivity index (χ1v) is 6.85. The van der Waals surface area contributed by atoms with Crippen molar-refractivity contribution in [1.29, 1.82) is 0 Å². The molecule has 1 aromatic carbocycles. The predicted molar refractivity (Wildman–Crippen MR) is 81.3 cm³/mol. The zero-order valence-corrected chi connectivity index (χ0v) is 13.1. The molecule has 6 heteroatoms. The largest absolute Gasteiger partial charge is 0.497 e. The second-order valence-corrected chi connectivity index (χ2v) is 5.20. The number of amides is 1. The summed E-state index contributed by atoms with van der Waals surface area (Å²) in [6, 6.07) is 5.78. The molecule has 0 aromatic heterocycles. The van der Waals surface area contributed by atoms with Gasteiger partial charge in [0.2, 0.25) is 0 Å². The van der Waals surface area contributed by atoms with Gasteiger partial charge < -0.3 is 15.4 Å². The van der Waals surface area contributed by atoms with E-state index in [0.717, 1.165) is 17.4 Å². The van der Waals surface area contributed by atoms with Crippen LogP contribution in [0.2, 0.25) is 0 Å². The molecule has 1 saturated heterocycles. The highest BCUT2D eigenvalue weighted by Crippen LogP contribution is 2.22. The number of carbonyl (C=O) groups is 1. The topological polar surface area (TPSA) is 50.4 Å². The first-order valence-electron chi connectivity index (χ1n) is 6.06. The molecule has 1 heterocycles. The Labute approximate surface area is 127 Å². The van der Waals surface area contributed by atoms with E-state index < -0.39 is 0 Å². The lowest BCUT2D eigenvalue weighted by Gasteiger charge is -2.12. The average Bonchev–Trinajstić information content (AvgIpc) is 2.89. The minimum Gasteiger partial charge on any atom is -0.497 e. The summed E-state index contributed by atoms with van der Waals surface area (Å²) in [5.74, 6) is 0.608. The van der Waals surface area contributed by atoms with Gasteiger partial charge in [0.15, 0.2) is 0 Å². The molecule has 0 saturated carbocycles. The Morgan fingerprint density at radius 2 is 2.37 bits per heavy atom. The monoisotopic (exact) mass is 348 g/mol. The second-order valence-electron chi connectivity index (χ2n) is 4.35. The number of ether oxygens (including phenoxy) is 1. The van der Waals surface area contributed by atoms with Crippen molar-refractivity contribution in [1.82, 2.24) is 10.6 Å². The number of methoxy groups -OCH3 is 1. The smallest absolute Gasteiger partial charge is 0.252 e. The summed E-state index contributed by atoms with van der Waals surface area (Å²) in [5.41, 5.74) is 0.604. The SMILES string of the molecule is COc1ccc(Br)c(C(=O)NCC2CCCN2)c1.Cl. The van der Waals surface area contributed by atoms with Crippen LogP contribution in [0.3, 0.4) is 0 Å². The van der Waals surface area contributed by atoms with E-state index in [-0.39, 0.29) is 18.3 Å². The molecule has 0 bridgehead atoms. The summed E-state index contributed by atoms with van der Waals surface area (Å²) in [6.07, 6.45) is 2.31. The lowest BCUT2D eigenvalue weighted by Crippen LogP contribution is -2.37. The number of hydrogen-bond donors (Lipinski definition) is 2. The van der Waals surface area contributed by atoms with Crippen LogP contribution in [0.25, 0.3) is 0 Å². The normalized spacial score (nSPS) is 17.7. The molecule has 1 aliphatic heterocycles. The van der Waals surface area contributed by atoms with Crippen molar-refractivity contribution >= 4 is 34.2 Å². The van der Waals surface area contributed by atoms with Crippen molar-refractivity contribution in [2.24, 2.45) is 0 Å². The van der Waals surface area contributed by atoms with Crippen molar-refractivity contribution in [2.75, 3.05) is 20.2 Å². The maximum atomic E-state index is 12.1. The maximum Gasteiger partial charge on any atom is 0.252 e. The third-order valence-electron chi connectivity index (χ3n) is 3.09. The molecule has 1 aliphatic rings. The Balaban J connectivity index is 0.00000180. The second kappa shape index (κ2) is 7.72. The van der Waals surface area contributed by atoms with Crippen LogP contribution in [0.15, 0.2) is 22.7 Å². The van der Waals surface area contributed by atoms with Crippen molar-refractivity contribution in [2.45, 2.75) is 18.9 Å². The molecule has 19 heavy (non-hydrogen) atoms. The van der Waals surface area contributed by atoms with E-state index in [4.69, 9.17) is 4.74 Å². The lowest BCUT2D eigenvalue weighted by atomic mass is 10.2. The molecular weight excluding hydrogens is 332 g/mol. The number of rotatable bonds is 4. The highest BCUT2D eigenvalue weighted by atomic mass is 79.9. The third-order valence-corrected chi connectivity index (χ3v) is 3.78. The van der Waals surface area contributed by atoms with Gasteiger partial charge in [-0.1, -0.05) is 0 Å². The van der Waals surface area contributed by atoms with Crippen LogP contribution in [0.1, 0.15) is 23.2 Å². The summed E-state index contributed by atoms with van der Waals surface area (Å²) in [7, 11) is 1.59. The molecule has 0 spiro atoms. The van der Waals surface area contributed by atoms with E-state index in [1.165, 1.54) is 6.42 Å². The Hall–Kier alpha value is -0.780. The van der Waals surface area contributed by atoms with Crippen LogP contribution < -0.4 is 15.4 Å². The van der Waals surface area contributed by atoms with E-state index in [0.29, 0.717) is 23.9 Å².